The van der Waals surface area contributed by atoms with Gasteiger partial charge >= 0.3 is 0 Å². The molecule has 0 saturated carbocycles. The Labute approximate surface area is 214 Å². The van der Waals surface area contributed by atoms with Gasteiger partial charge in [0.2, 0.25) is 5.91 Å². The van der Waals surface area contributed by atoms with Crippen LogP contribution in [0.15, 0.2) is 85.2 Å². The van der Waals surface area contributed by atoms with Crippen molar-refractivity contribution in [1.82, 2.24) is 9.97 Å². The normalized spacial score (nSPS) is 12.6. The first-order valence-electron chi connectivity index (χ1n) is 12.0. The molecule has 1 heterocycles. The highest BCUT2D eigenvalue weighted by Crippen LogP contribution is 2.33. The van der Waals surface area contributed by atoms with Crippen LogP contribution in [0.1, 0.15) is 37.5 Å². The van der Waals surface area contributed by atoms with Crippen molar-refractivity contribution in [3.8, 4) is 22.5 Å². The molecule has 0 spiro atoms. The van der Waals surface area contributed by atoms with Crippen molar-refractivity contribution in [2.24, 2.45) is 0 Å². The summed E-state index contributed by atoms with van der Waals surface area (Å²) in [5.41, 5.74) is 7.40. The van der Waals surface area contributed by atoms with Crippen LogP contribution in [0.5, 0.6) is 0 Å². The maximum Gasteiger partial charge on any atom is 0.228 e. The maximum absolute atomic E-state index is 12.6. The Hall–Kier alpha value is -3.69. The van der Waals surface area contributed by atoms with Gasteiger partial charge in [0.15, 0.2) is 0 Å². The predicted octanol–water partition coefficient (Wildman–Crippen LogP) is 6.23. The standard InChI is InChI=1S/C30H30N3O2P/c1-4-22-7-5-6-8-26(22)29-28(31-17-18-32-29)23-11-15-25(16-12-23)33-27(35)19-21-9-13-24(14-10-21)30(3,36)20(2)34/h5-18H,4,19,36H2,1-3H3,(H,33,35). The molecule has 0 saturated heterocycles. The van der Waals surface area contributed by atoms with Gasteiger partial charge in [-0.3, -0.25) is 19.6 Å². The summed E-state index contributed by atoms with van der Waals surface area (Å²) in [5, 5.41) is 2.34. The quantitative estimate of drug-likeness (QED) is 0.294. The van der Waals surface area contributed by atoms with E-state index in [0.29, 0.717) is 5.69 Å². The molecule has 4 aromatic rings. The first kappa shape index (κ1) is 25.4. The summed E-state index contributed by atoms with van der Waals surface area (Å²) in [6, 6.07) is 23.5. The Bertz CT molecular complexity index is 1380. The number of aromatic nitrogens is 2. The zero-order valence-electron chi connectivity index (χ0n) is 20.8. The van der Waals surface area contributed by atoms with E-state index < -0.39 is 5.16 Å². The molecule has 2 atom stereocenters. The monoisotopic (exact) mass is 495 g/mol. The van der Waals surface area contributed by atoms with Crippen LogP contribution >= 0.6 is 9.24 Å². The summed E-state index contributed by atoms with van der Waals surface area (Å²) in [6.07, 6.45) is 4.57. The van der Waals surface area contributed by atoms with E-state index in [1.165, 1.54) is 5.56 Å². The van der Waals surface area contributed by atoms with Gasteiger partial charge in [-0.15, -0.1) is 9.24 Å². The molecule has 3 aromatic carbocycles. The molecule has 0 aliphatic heterocycles. The number of nitrogens with one attached hydrogen (secondary N) is 1. The molecule has 1 amide bonds. The minimum Gasteiger partial charge on any atom is -0.326 e. The Kier molecular flexibility index (Phi) is 7.71. The average Bonchev–Trinajstić information content (AvgIpc) is 2.89. The number of Topliss-reactive ketones (excluding diaryl/α,β-unsaturated/α-hetero) is 1. The van der Waals surface area contributed by atoms with Gasteiger partial charge in [-0.1, -0.05) is 67.6 Å². The third kappa shape index (κ3) is 5.58. The fraction of sp³-hybridized carbons (Fsp3) is 0.200. The average molecular weight is 496 g/mol. The Morgan fingerprint density at radius 3 is 2.17 bits per heavy atom. The molecule has 0 aliphatic rings. The Morgan fingerprint density at radius 2 is 1.53 bits per heavy atom. The molecular formula is C30H30N3O2P. The second-order valence-electron chi connectivity index (χ2n) is 9.02. The first-order chi connectivity index (χ1) is 17.3. The molecule has 1 aromatic heterocycles. The molecular weight excluding hydrogens is 465 g/mol. The Morgan fingerprint density at radius 1 is 0.889 bits per heavy atom. The van der Waals surface area contributed by atoms with Crippen molar-refractivity contribution < 1.29 is 9.59 Å². The summed E-state index contributed by atoms with van der Waals surface area (Å²) >= 11 is 0. The van der Waals surface area contributed by atoms with Crippen LogP contribution in [-0.4, -0.2) is 21.7 Å². The lowest BCUT2D eigenvalue weighted by Gasteiger charge is -2.21. The molecule has 182 valence electrons. The van der Waals surface area contributed by atoms with E-state index in [2.05, 4.69) is 43.6 Å². The third-order valence-corrected chi connectivity index (χ3v) is 7.18. The lowest BCUT2D eigenvalue weighted by molar-refractivity contribution is -0.119. The van der Waals surface area contributed by atoms with E-state index in [0.717, 1.165) is 40.1 Å². The minimum absolute atomic E-state index is 0.0737. The first-order valence-corrected chi connectivity index (χ1v) is 12.6. The summed E-state index contributed by atoms with van der Waals surface area (Å²) in [7, 11) is 2.61. The van der Waals surface area contributed by atoms with Crippen molar-refractivity contribution in [2.45, 2.75) is 38.8 Å². The number of benzene rings is 3. The van der Waals surface area contributed by atoms with E-state index >= 15 is 0 Å². The van der Waals surface area contributed by atoms with Gasteiger partial charge in [0.1, 0.15) is 5.78 Å². The van der Waals surface area contributed by atoms with Gasteiger partial charge in [0.25, 0.3) is 0 Å². The molecule has 4 rings (SSSR count). The fourth-order valence-corrected chi connectivity index (χ4v) is 4.27. The highest BCUT2D eigenvalue weighted by Gasteiger charge is 2.26. The SMILES string of the molecule is CCc1ccccc1-c1nccnc1-c1ccc(NC(=O)Cc2ccc(C(C)(P)C(C)=O)cc2)cc1. The van der Waals surface area contributed by atoms with Crippen LogP contribution in [0.3, 0.4) is 0 Å². The van der Waals surface area contributed by atoms with Crippen molar-refractivity contribution in [1.29, 1.82) is 0 Å². The highest BCUT2D eigenvalue weighted by atomic mass is 31.0. The number of nitrogens with zero attached hydrogens (tertiary/aromatic N) is 2. The summed E-state index contributed by atoms with van der Waals surface area (Å²) in [4.78, 5) is 33.8. The number of hydrogen-bond acceptors (Lipinski definition) is 4. The van der Waals surface area contributed by atoms with Crippen LogP contribution in [-0.2, 0) is 27.6 Å². The summed E-state index contributed by atoms with van der Waals surface area (Å²) < 4.78 is 0. The van der Waals surface area contributed by atoms with E-state index in [9.17, 15) is 9.59 Å². The van der Waals surface area contributed by atoms with Crippen LogP contribution in [0.4, 0.5) is 5.69 Å². The van der Waals surface area contributed by atoms with Crippen LogP contribution in [0.25, 0.3) is 22.5 Å². The van der Waals surface area contributed by atoms with Gasteiger partial charge in [-0.25, -0.2) is 0 Å². The topological polar surface area (TPSA) is 72.0 Å². The van der Waals surface area contributed by atoms with Crippen molar-refractivity contribution in [3.05, 3.63) is 102 Å². The molecule has 0 aliphatic carbocycles. The Balaban J connectivity index is 1.47. The lowest BCUT2D eigenvalue weighted by Crippen LogP contribution is -2.22. The largest absolute Gasteiger partial charge is 0.326 e. The maximum atomic E-state index is 12.6. The molecule has 5 nitrogen and oxygen atoms in total. The molecule has 0 bridgehead atoms. The van der Waals surface area contributed by atoms with Gasteiger partial charge in [-0.05, 0) is 49.1 Å². The lowest BCUT2D eigenvalue weighted by atomic mass is 9.95. The minimum atomic E-state index is -0.621. The zero-order chi connectivity index (χ0) is 25.7. The molecule has 6 heteroatoms. The van der Waals surface area contributed by atoms with Crippen molar-refractivity contribution in [3.63, 3.8) is 0 Å². The van der Waals surface area contributed by atoms with Crippen LogP contribution in [0, 0.1) is 0 Å². The number of anilines is 1. The fourth-order valence-electron chi connectivity index (χ4n) is 4.08. The second kappa shape index (κ2) is 10.9. The van der Waals surface area contributed by atoms with Crippen LogP contribution < -0.4 is 5.32 Å². The van der Waals surface area contributed by atoms with E-state index in [1.807, 2.05) is 67.6 Å². The number of ketones is 1. The number of rotatable bonds is 8. The zero-order valence-corrected chi connectivity index (χ0v) is 21.9. The molecule has 2 unspecified atom stereocenters. The van der Waals surface area contributed by atoms with E-state index in [-0.39, 0.29) is 18.1 Å². The summed E-state index contributed by atoms with van der Waals surface area (Å²) in [5.74, 6) is -0.0302. The number of hydrogen-bond donors (Lipinski definition) is 1. The summed E-state index contributed by atoms with van der Waals surface area (Å²) in [6.45, 7) is 5.58. The van der Waals surface area contributed by atoms with Gasteiger partial charge in [0, 0.05) is 29.2 Å². The molecule has 0 fully saturated rings. The number of carbonyl (C=O) groups is 2. The number of aryl methyl sites for hydroxylation is 1. The molecule has 36 heavy (non-hydrogen) atoms. The van der Waals surface area contributed by atoms with E-state index in [4.69, 9.17) is 0 Å². The molecule has 1 N–H and O–H groups in total. The number of amides is 1. The second-order valence-corrected chi connectivity index (χ2v) is 10.2. The smallest absolute Gasteiger partial charge is 0.228 e. The van der Waals surface area contributed by atoms with Crippen molar-refractivity contribution in [2.75, 3.05) is 5.32 Å². The molecule has 0 radical (unpaired) electrons. The highest BCUT2D eigenvalue weighted by molar-refractivity contribution is 7.20. The predicted molar refractivity (Wildman–Crippen MR) is 149 cm³/mol. The van der Waals surface area contributed by atoms with Crippen molar-refractivity contribution >= 4 is 26.6 Å². The van der Waals surface area contributed by atoms with Gasteiger partial charge in [0.05, 0.1) is 23.0 Å². The van der Waals surface area contributed by atoms with Crippen LogP contribution in [0.2, 0.25) is 0 Å². The van der Waals surface area contributed by atoms with Gasteiger partial charge in [-0.2, -0.15) is 0 Å². The van der Waals surface area contributed by atoms with E-state index in [1.54, 1.807) is 19.3 Å². The number of carbonyl (C=O) groups excluding carboxylic acids is 2. The third-order valence-electron chi connectivity index (χ3n) is 6.44. The van der Waals surface area contributed by atoms with Gasteiger partial charge < -0.3 is 5.32 Å².